The van der Waals surface area contributed by atoms with Gasteiger partial charge in [0.2, 0.25) is 0 Å². The van der Waals surface area contributed by atoms with Crippen LogP contribution in [0.3, 0.4) is 0 Å². The fraction of sp³-hybridized carbons (Fsp3) is 0.917. The van der Waals surface area contributed by atoms with Gasteiger partial charge in [0.25, 0.3) is 0 Å². The fourth-order valence-electron chi connectivity index (χ4n) is 2.41. The summed E-state index contributed by atoms with van der Waals surface area (Å²) in [6, 6.07) is 0. The zero-order valence-electron chi connectivity index (χ0n) is 8.52. The van der Waals surface area contributed by atoms with Crippen LogP contribution in [0.15, 0.2) is 0 Å². The second kappa shape index (κ2) is 5.61. The first-order valence-corrected chi connectivity index (χ1v) is 5.64. The Balaban J connectivity index is 2.15. The molecular formula is C12H23. The van der Waals surface area contributed by atoms with Crippen molar-refractivity contribution in [1.82, 2.24) is 0 Å². The van der Waals surface area contributed by atoms with Gasteiger partial charge >= 0.3 is 0 Å². The molecule has 1 saturated carbocycles. The first-order chi connectivity index (χ1) is 5.84. The lowest BCUT2D eigenvalue weighted by Gasteiger charge is -2.27. The molecule has 0 saturated heterocycles. The molecule has 0 bridgehead atoms. The predicted octanol–water partition coefficient (Wildman–Crippen LogP) is 4.21. The molecule has 0 heteroatoms. The van der Waals surface area contributed by atoms with E-state index in [1.165, 1.54) is 44.9 Å². The molecule has 1 rings (SSSR count). The van der Waals surface area contributed by atoms with Crippen molar-refractivity contribution in [2.24, 2.45) is 11.8 Å². The quantitative estimate of drug-likeness (QED) is 0.588. The van der Waals surface area contributed by atoms with Crippen LogP contribution in [-0.4, -0.2) is 0 Å². The monoisotopic (exact) mass is 167 g/mol. The van der Waals surface area contributed by atoms with E-state index in [0.29, 0.717) is 0 Å². The molecule has 0 aromatic heterocycles. The molecule has 12 heavy (non-hydrogen) atoms. The summed E-state index contributed by atoms with van der Waals surface area (Å²) in [5.41, 5.74) is 0. The summed E-state index contributed by atoms with van der Waals surface area (Å²) in [5, 5.41) is 0. The molecule has 0 heterocycles. The van der Waals surface area contributed by atoms with Gasteiger partial charge < -0.3 is 0 Å². The summed E-state index contributed by atoms with van der Waals surface area (Å²) in [5.74, 6) is 2.01. The molecule has 0 spiro atoms. The molecule has 0 aromatic carbocycles. The highest BCUT2D eigenvalue weighted by Crippen LogP contribution is 2.32. The number of hydrogen-bond donors (Lipinski definition) is 0. The van der Waals surface area contributed by atoms with Crippen molar-refractivity contribution >= 4 is 0 Å². The fourth-order valence-corrected chi connectivity index (χ4v) is 2.41. The van der Waals surface area contributed by atoms with E-state index in [0.717, 1.165) is 18.3 Å². The van der Waals surface area contributed by atoms with Crippen LogP contribution in [0, 0.1) is 18.8 Å². The molecule has 1 atom stereocenters. The maximum Gasteiger partial charge on any atom is -0.0388 e. The number of hydrogen-bond acceptors (Lipinski definition) is 0. The Hall–Kier alpha value is 0. The smallest absolute Gasteiger partial charge is 0.0388 e. The Morgan fingerprint density at radius 3 is 2.50 bits per heavy atom. The maximum absolute atomic E-state index is 3.90. The molecule has 1 unspecified atom stereocenters. The van der Waals surface area contributed by atoms with E-state index in [2.05, 4.69) is 13.8 Å². The minimum atomic E-state index is 0.965. The highest BCUT2D eigenvalue weighted by Gasteiger charge is 2.18. The van der Waals surface area contributed by atoms with Gasteiger partial charge in [-0.05, 0) is 11.8 Å². The van der Waals surface area contributed by atoms with Crippen LogP contribution in [0.25, 0.3) is 0 Å². The Morgan fingerprint density at radius 2 is 1.92 bits per heavy atom. The highest BCUT2D eigenvalue weighted by molar-refractivity contribution is 4.71. The third kappa shape index (κ3) is 3.16. The molecule has 1 aliphatic rings. The van der Waals surface area contributed by atoms with Gasteiger partial charge in [-0.25, -0.2) is 0 Å². The van der Waals surface area contributed by atoms with Crippen molar-refractivity contribution in [3.8, 4) is 0 Å². The van der Waals surface area contributed by atoms with Crippen LogP contribution in [0.5, 0.6) is 0 Å². The Kier molecular flexibility index (Phi) is 4.72. The van der Waals surface area contributed by atoms with Gasteiger partial charge in [0.15, 0.2) is 0 Å². The Bertz CT molecular complexity index is 101. The van der Waals surface area contributed by atoms with E-state index in [1.54, 1.807) is 0 Å². The SMILES string of the molecule is [CH2]CCCC(C)C1CCCCC1. The predicted molar refractivity (Wildman–Crippen MR) is 54.9 cm³/mol. The lowest BCUT2D eigenvalue weighted by molar-refractivity contribution is 0.249. The summed E-state index contributed by atoms with van der Waals surface area (Å²) < 4.78 is 0. The Labute approximate surface area is 77.7 Å². The summed E-state index contributed by atoms with van der Waals surface area (Å²) in [7, 11) is 0. The third-order valence-corrected chi connectivity index (χ3v) is 3.36. The maximum atomic E-state index is 3.90. The van der Waals surface area contributed by atoms with E-state index < -0.39 is 0 Å². The molecular weight excluding hydrogens is 144 g/mol. The second-order valence-electron chi connectivity index (χ2n) is 4.37. The van der Waals surface area contributed by atoms with Gasteiger partial charge in [0, 0.05) is 0 Å². The summed E-state index contributed by atoms with van der Waals surface area (Å²) in [6.07, 6.45) is 11.3. The summed E-state index contributed by atoms with van der Waals surface area (Å²) in [6.45, 7) is 6.34. The van der Waals surface area contributed by atoms with Gasteiger partial charge in [0.05, 0.1) is 0 Å². The Morgan fingerprint density at radius 1 is 1.25 bits per heavy atom. The molecule has 1 radical (unpaired) electrons. The van der Waals surface area contributed by atoms with Gasteiger partial charge in [-0.15, -0.1) is 0 Å². The molecule has 1 fully saturated rings. The number of unbranched alkanes of at least 4 members (excludes halogenated alkanes) is 1. The van der Waals surface area contributed by atoms with Crippen molar-refractivity contribution in [2.45, 2.75) is 58.3 Å². The molecule has 0 aliphatic heterocycles. The average molecular weight is 167 g/mol. The van der Waals surface area contributed by atoms with Crippen molar-refractivity contribution in [3.05, 3.63) is 6.92 Å². The van der Waals surface area contributed by atoms with E-state index >= 15 is 0 Å². The molecule has 1 aliphatic carbocycles. The van der Waals surface area contributed by atoms with Crippen LogP contribution in [-0.2, 0) is 0 Å². The summed E-state index contributed by atoms with van der Waals surface area (Å²) in [4.78, 5) is 0. The van der Waals surface area contributed by atoms with Crippen LogP contribution in [0.2, 0.25) is 0 Å². The van der Waals surface area contributed by atoms with Gasteiger partial charge in [-0.3, -0.25) is 0 Å². The normalized spacial score (nSPS) is 22.5. The van der Waals surface area contributed by atoms with E-state index in [4.69, 9.17) is 0 Å². The third-order valence-electron chi connectivity index (χ3n) is 3.36. The lowest BCUT2D eigenvalue weighted by Crippen LogP contribution is -2.15. The minimum Gasteiger partial charge on any atom is -0.0622 e. The topological polar surface area (TPSA) is 0 Å². The van der Waals surface area contributed by atoms with Crippen LogP contribution < -0.4 is 0 Å². The second-order valence-corrected chi connectivity index (χ2v) is 4.37. The van der Waals surface area contributed by atoms with E-state index in [1.807, 2.05) is 0 Å². The largest absolute Gasteiger partial charge is 0.0622 e. The summed E-state index contributed by atoms with van der Waals surface area (Å²) >= 11 is 0. The van der Waals surface area contributed by atoms with Gasteiger partial charge in [-0.2, -0.15) is 0 Å². The first-order valence-electron chi connectivity index (χ1n) is 5.64. The zero-order chi connectivity index (χ0) is 8.81. The number of rotatable bonds is 4. The first kappa shape index (κ1) is 10.1. The van der Waals surface area contributed by atoms with Crippen molar-refractivity contribution in [2.75, 3.05) is 0 Å². The van der Waals surface area contributed by atoms with Crippen molar-refractivity contribution in [1.29, 1.82) is 0 Å². The molecule has 0 amide bonds. The molecule has 0 nitrogen and oxygen atoms in total. The highest BCUT2D eigenvalue weighted by atomic mass is 14.2. The van der Waals surface area contributed by atoms with Crippen LogP contribution in [0.4, 0.5) is 0 Å². The van der Waals surface area contributed by atoms with Crippen LogP contribution in [0.1, 0.15) is 58.3 Å². The minimum absolute atomic E-state index is 0.965. The lowest BCUT2D eigenvalue weighted by atomic mass is 9.79. The van der Waals surface area contributed by atoms with Crippen molar-refractivity contribution in [3.63, 3.8) is 0 Å². The standard InChI is InChI=1S/C12H23/c1-3-4-8-11(2)12-9-6-5-7-10-12/h11-12H,1,3-10H2,2H3. The van der Waals surface area contributed by atoms with E-state index in [9.17, 15) is 0 Å². The van der Waals surface area contributed by atoms with Crippen LogP contribution >= 0.6 is 0 Å². The zero-order valence-corrected chi connectivity index (χ0v) is 8.52. The van der Waals surface area contributed by atoms with E-state index in [-0.39, 0.29) is 0 Å². The molecule has 71 valence electrons. The average Bonchev–Trinajstić information content (AvgIpc) is 2.15. The molecule has 0 aromatic rings. The van der Waals surface area contributed by atoms with Gasteiger partial charge in [0.1, 0.15) is 0 Å². The van der Waals surface area contributed by atoms with Gasteiger partial charge in [-0.1, -0.05) is 65.2 Å². The molecule has 0 N–H and O–H groups in total. The van der Waals surface area contributed by atoms with Crippen molar-refractivity contribution < 1.29 is 0 Å².